The molecule has 1 unspecified atom stereocenters. The number of nitro benzene ring substituents is 1. The molecule has 122 valence electrons. The molecular weight excluding hydrogens is 302 g/mol. The summed E-state index contributed by atoms with van der Waals surface area (Å²) in [6, 6.07) is 17.8. The number of benzene rings is 2. The van der Waals surface area contributed by atoms with Gasteiger partial charge in [0.15, 0.2) is 0 Å². The van der Waals surface area contributed by atoms with Crippen LogP contribution in [-0.4, -0.2) is 27.7 Å². The molecule has 0 aliphatic carbocycles. The van der Waals surface area contributed by atoms with Crippen LogP contribution in [0.3, 0.4) is 0 Å². The molecule has 1 fully saturated rings. The number of aliphatic imine (C=N–C) groups is 1. The molecule has 0 saturated carbocycles. The molecule has 1 saturated heterocycles. The normalized spacial score (nSPS) is 27.5. The van der Waals surface area contributed by atoms with Crippen molar-refractivity contribution in [3.63, 3.8) is 0 Å². The Labute approximate surface area is 140 Å². The monoisotopic (exact) mass is 321 g/mol. The average molecular weight is 321 g/mol. The van der Waals surface area contributed by atoms with Crippen molar-refractivity contribution in [1.82, 2.24) is 4.90 Å². The predicted molar refractivity (Wildman–Crippen MR) is 93.1 cm³/mol. The summed E-state index contributed by atoms with van der Waals surface area (Å²) in [5.74, 6) is 0. The summed E-state index contributed by atoms with van der Waals surface area (Å²) in [6.45, 7) is 2.18. The van der Waals surface area contributed by atoms with Crippen molar-refractivity contribution >= 4 is 11.4 Å². The molecule has 4 atom stereocenters. The summed E-state index contributed by atoms with van der Waals surface area (Å²) in [5, 5.41) is 10.8. The van der Waals surface area contributed by atoms with Crippen LogP contribution in [-0.2, 0) is 0 Å². The Bertz CT molecular complexity index is 786. The quantitative estimate of drug-likeness (QED) is 0.476. The number of rotatable bonds is 5. The lowest BCUT2D eigenvalue weighted by Gasteiger charge is -2.12. The van der Waals surface area contributed by atoms with E-state index in [2.05, 4.69) is 24.0 Å². The molecule has 0 aromatic heterocycles. The third kappa shape index (κ3) is 2.41. The second-order valence-electron chi connectivity index (χ2n) is 6.34. The second-order valence-corrected chi connectivity index (χ2v) is 6.34. The average Bonchev–Trinajstić information content (AvgIpc) is 3.24. The van der Waals surface area contributed by atoms with Gasteiger partial charge in [-0.25, -0.2) is 0 Å². The van der Waals surface area contributed by atoms with E-state index in [4.69, 9.17) is 4.99 Å². The maximum Gasteiger partial charge on any atom is 0.269 e. The Kier molecular flexibility index (Phi) is 3.65. The highest BCUT2D eigenvalue weighted by molar-refractivity contribution is 6.08. The van der Waals surface area contributed by atoms with Gasteiger partial charge in [0, 0.05) is 12.1 Å². The molecule has 5 nitrogen and oxygen atoms in total. The van der Waals surface area contributed by atoms with Crippen molar-refractivity contribution in [2.24, 2.45) is 4.99 Å². The van der Waals surface area contributed by atoms with Crippen LogP contribution < -0.4 is 0 Å². The lowest BCUT2D eigenvalue weighted by molar-refractivity contribution is -0.384. The Balaban J connectivity index is 1.63. The van der Waals surface area contributed by atoms with Crippen molar-refractivity contribution in [2.45, 2.75) is 38.0 Å². The number of non-ortho nitro benzene ring substituents is 1. The lowest BCUT2D eigenvalue weighted by Crippen LogP contribution is -2.14. The standard InChI is InChI=1S/C19H19N3O2/c1-2-6-16-20-17(13-7-4-3-5-8-13)19-18(21(16)19)14-9-11-15(12-10-14)22(23)24/h3-5,7-12,16,18-19H,2,6H2,1H3/t16-,18-,19+,21?/m1/s1. The van der Waals surface area contributed by atoms with Gasteiger partial charge in [0.2, 0.25) is 0 Å². The second kappa shape index (κ2) is 5.83. The molecule has 2 aliphatic rings. The fourth-order valence-corrected chi connectivity index (χ4v) is 3.69. The first kappa shape index (κ1) is 15.0. The van der Waals surface area contributed by atoms with Gasteiger partial charge >= 0.3 is 0 Å². The maximum absolute atomic E-state index is 10.8. The molecule has 24 heavy (non-hydrogen) atoms. The molecular formula is C19H19N3O2. The summed E-state index contributed by atoms with van der Waals surface area (Å²) >= 11 is 0. The molecule has 5 heteroatoms. The zero-order chi connectivity index (χ0) is 16.7. The fraction of sp³-hybridized carbons (Fsp3) is 0.316. The van der Waals surface area contributed by atoms with Gasteiger partial charge < -0.3 is 0 Å². The third-order valence-corrected chi connectivity index (χ3v) is 4.83. The van der Waals surface area contributed by atoms with Gasteiger partial charge in [0.05, 0.1) is 22.7 Å². The molecule has 0 N–H and O–H groups in total. The minimum Gasteiger partial charge on any atom is -0.268 e. The molecule has 0 bridgehead atoms. The topological polar surface area (TPSA) is 58.5 Å². The van der Waals surface area contributed by atoms with E-state index < -0.39 is 0 Å². The van der Waals surface area contributed by atoms with Crippen LogP contribution in [0.4, 0.5) is 5.69 Å². The van der Waals surface area contributed by atoms with Gasteiger partial charge in [-0.2, -0.15) is 0 Å². The Morgan fingerprint density at radius 3 is 2.42 bits per heavy atom. The van der Waals surface area contributed by atoms with Crippen LogP contribution in [0.5, 0.6) is 0 Å². The van der Waals surface area contributed by atoms with Crippen LogP contribution in [0.2, 0.25) is 0 Å². The first-order valence-electron chi connectivity index (χ1n) is 8.35. The van der Waals surface area contributed by atoms with Crippen LogP contribution in [0, 0.1) is 10.1 Å². The van der Waals surface area contributed by atoms with E-state index in [0.717, 1.165) is 24.1 Å². The largest absolute Gasteiger partial charge is 0.269 e. The number of hydrogen-bond donors (Lipinski definition) is 0. The van der Waals surface area contributed by atoms with Gasteiger partial charge in [-0.15, -0.1) is 0 Å². The minimum absolute atomic E-state index is 0.140. The van der Waals surface area contributed by atoms with E-state index in [-0.39, 0.29) is 22.8 Å². The van der Waals surface area contributed by atoms with Gasteiger partial charge in [0.25, 0.3) is 5.69 Å². The van der Waals surface area contributed by atoms with Crippen molar-refractivity contribution in [2.75, 3.05) is 0 Å². The van der Waals surface area contributed by atoms with Gasteiger partial charge in [-0.05, 0) is 17.5 Å². The van der Waals surface area contributed by atoms with E-state index in [1.165, 1.54) is 5.56 Å². The van der Waals surface area contributed by atoms with E-state index in [9.17, 15) is 10.1 Å². The van der Waals surface area contributed by atoms with Crippen LogP contribution in [0.1, 0.15) is 36.9 Å². The molecule has 2 aromatic rings. The van der Waals surface area contributed by atoms with Crippen LogP contribution >= 0.6 is 0 Å². The van der Waals surface area contributed by atoms with E-state index in [1.54, 1.807) is 12.1 Å². The Hall–Kier alpha value is -2.53. The van der Waals surface area contributed by atoms with Crippen molar-refractivity contribution in [3.05, 3.63) is 75.8 Å². The highest BCUT2D eigenvalue weighted by Crippen LogP contribution is 2.51. The molecule has 0 radical (unpaired) electrons. The van der Waals surface area contributed by atoms with Gasteiger partial charge in [0.1, 0.15) is 6.17 Å². The fourth-order valence-electron chi connectivity index (χ4n) is 3.69. The maximum atomic E-state index is 10.8. The first-order chi connectivity index (χ1) is 11.7. The Morgan fingerprint density at radius 2 is 1.79 bits per heavy atom. The number of nitrogens with zero attached hydrogens (tertiary/aromatic N) is 3. The van der Waals surface area contributed by atoms with Crippen molar-refractivity contribution < 1.29 is 4.92 Å². The highest BCUT2D eigenvalue weighted by atomic mass is 16.6. The van der Waals surface area contributed by atoms with Crippen molar-refractivity contribution in [3.8, 4) is 0 Å². The molecule has 4 rings (SSSR count). The molecule has 2 heterocycles. The molecule has 0 amide bonds. The Morgan fingerprint density at radius 1 is 1.08 bits per heavy atom. The zero-order valence-corrected chi connectivity index (χ0v) is 13.5. The summed E-state index contributed by atoms with van der Waals surface area (Å²) in [6.07, 6.45) is 2.35. The van der Waals surface area contributed by atoms with E-state index in [1.807, 2.05) is 30.3 Å². The van der Waals surface area contributed by atoms with Gasteiger partial charge in [-0.3, -0.25) is 20.0 Å². The summed E-state index contributed by atoms with van der Waals surface area (Å²) < 4.78 is 0. The SMILES string of the molecule is CCC[C@@H]1N=C(c2ccccc2)[C@H]2[C@@H](c3ccc([N+](=O)[O-])cc3)N12. The first-order valence-corrected chi connectivity index (χ1v) is 8.35. The van der Waals surface area contributed by atoms with Crippen LogP contribution in [0.25, 0.3) is 0 Å². The van der Waals surface area contributed by atoms with E-state index in [0.29, 0.717) is 6.04 Å². The smallest absolute Gasteiger partial charge is 0.268 e. The number of fused-ring (bicyclic) bond motifs is 1. The van der Waals surface area contributed by atoms with E-state index >= 15 is 0 Å². The summed E-state index contributed by atoms with van der Waals surface area (Å²) in [7, 11) is 0. The molecule has 2 aromatic carbocycles. The molecule has 2 aliphatic heterocycles. The van der Waals surface area contributed by atoms with Crippen LogP contribution in [0.15, 0.2) is 59.6 Å². The summed E-state index contributed by atoms with van der Waals surface area (Å²) in [4.78, 5) is 17.8. The third-order valence-electron chi connectivity index (χ3n) is 4.83. The number of hydrogen-bond acceptors (Lipinski definition) is 4. The number of nitro groups is 1. The molecule has 0 spiro atoms. The minimum atomic E-state index is -0.353. The zero-order valence-electron chi connectivity index (χ0n) is 13.5. The summed E-state index contributed by atoms with van der Waals surface area (Å²) in [5.41, 5.74) is 3.60. The lowest BCUT2D eigenvalue weighted by atomic mass is 10.0. The van der Waals surface area contributed by atoms with Crippen molar-refractivity contribution in [1.29, 1.82) is 0 Å². The predicted octanol–water partition coefficient (Wildman–Crippen LogP) is 3.95. The highest BCUT2D eigenvalue weighted by Gasteiger charge is 2.58. The van der Waals surface area contributed by atoms with Gasteiger partial charge in [-0.1, -0.05) is 55.8 Å².